The Hall–Kier alpha value is 0.0900. The molecule has 2 N–H and O–H groups in total. The van der Waals surface area contributed by atoms with E-state index in [4.69, 9.17) is 5.73 Å². The number of halogens is 1. The van der Waals surface area contributed by atoms with Crippen molar-refractivity contribution in [1.82, 2.24) is 0 Å². The number of thiophene rings is 2. The molecule has 2 heterocycles. The Labute approximate surface area is 103 Å². The van der Waals surface area contributed by atoms with Crippen molar-refractivity contribution >= 4 is 46.7 Å². The molecular weight excluding hydrogens is 313 g/mol. The first-order valence-electron chi connectivity index (χ1n) is 3.70. The van der Waals surface area contributed by atoms with E-state index in [-0.39, 0.29) is 30.0 Å². The van der Waals surface area contributed by atoms with Gasteiger partial charge < -0.3 is 5.73 Å². The van der Waals surface area contributed by atoms with Gasteiger partial charge in [-0.1, -0.05) is 12.1 Å². The zero-order valence-corrected chi connectivity index (χ0v) is 10.8. The van der Waals surface area contributed by atoms with E-state index in [2.05, 4.69) is 22.9 Å². The molecule has 2 aromatic rings. The van der Waals surface area contributed by atoms with Crippen LogP contribution in [0.3, 0.4) is 0 Å². The van der Waals surface area contributed by atoms with Crippen LogP contribution in [0.5, 0.6) is 0 Å². The van der Waals surface area contributed by atoms with Crippen LogP contribution in [0.15, 0.2) is 35.0 Å². The molecular formula is C9H10INS2. The van der Waals surface area contributed by atoms with Crippen LogP contribution in [0.4, 0.5) is 0 Å². The Morgan fingerprint density at radius 1 is 1.00 bits per heavy atom. The molecule has 0 aromatic carbocycles. The molecule has 0 spiro atoms. The Kier molecular flexibility index (Phi) is 4.37. The number of hydrogen-bond donors (Lipinski definition) is 1. The van der Waals surface area contributed by atoms with E-state index in [1.165, 1.54) is 9.75 Å². The van der Waals surface area contributed by atoms with Gasteiger partial charge in [-0.05, 0) is 22.9 Å². The van der Waals surface area contributed by atoms with Crippen molar-refractivity contribution in [2.45, 2.75) is 6.04 Å². The highest BCUT2D eigenvalue weighted by atomic mass is 127. The van der Waals surface area contributed by atoms with Gasteiger partial charge in [-0.15, -0.1) is 46.7 Å². The van der Waals surface area contributed by atoms with Crippen LogP contribution in [0, 0.1) is 0 Å². The summed E-state index contributed by atoms with van der Waals surface area (Å²) in [5, 5.41) is 4.12. The van der Waals surface area contributed by atoms with Crippen molar-refractivity contribution in [3.63, 3.8) is 0 Å². The summed E-state index contributed by atoms with van der Waals surface area (Å²) in [5.41, 5.74) is 6.03. The number of hydrogen-bond acceptors (Lipinski definition) is 3. The normalized spacial score (nSPS) is 10.0. The molecule has 4 heteroatoms. The summed E-state index contributed by atoms with van der Waals surface area (Å²) in [6.45, 7) is 0. The van der Waals surface area contributed by atoms with Gasteiger partial charge in [-0.3, -0.25) is 0 Å². The fraction of sp³-hybridized carbons (Fsp3) is 0.111. The molecule has 0 aliphatic carbocycles. The maximum atomic E-state index is 6.03. The van der Waals surface area contributed by atoms with Crippen molar-refractivity contribution in [3.05, 3.63) is 44.8 Å². The van der Waals surface area contributed by atoms with Crippen molar-refractivity contribution in [3.8, 4) is 0 Å². The third-order valence-electron chi connectivity index (χ3n) is 1.70. The Morgan fingerprint density at radius 2 is 1.46 bits per heavy atom. The third kappa shape index (κ3) is 2.52. The zero-order valence-electron chi connectivity index (χ0n) is 6.84. The van der Waals surface area contributed by atoms with E-state index in [9.17, 15) is 0 Å². The summed E-state index contributed by atoms with van der Waals surface area (Å²) >= 11 is 3.42. The van der Waals surface area contributed by atoms with Crippen LogP contribution in [0.2, 0.25) is 0 Å². The maximum absolute atomic E-state index is 6.03. The highest BCUT2D eigenvalue weighted by molar-refractivity contribution is 14.0. The molecule has 0 amide bonds. The summed E-state index contributed by atoms with van der Waals surface area (Å²) in [7, 11) is 0. The molecule has 2 rings (SSSR count). The summed E-state index contributed by atoms with van der Waals surface area (Å²) in [6.07, 6.45) is 0. The van der Waals surface area contributed by atoms with Crippen LogP contribution in [-0.4, -0.2) is 0 Å². The second-order valence-corrected chi connectivity index (χ2v) is 4.47. The van der Waals surface area contributed by atoms with Gasteiger partial charge >= 0.3 is 0 Å². The maximum Gasteiger partial charge on any atom is 0.0739 e. The lowest BCUT2D eigenvalue weighted by atomic mass is 10.2. The van der Waals surface area contributed by atoms with E-state index in [0.717, 1.165) is 0 Å². The van der Waals surface area contributed by atoms with Gasteiger partial charge in [0, 0.05) is 9.75 Å². The standard InChI is InChI=1S/C9H9NS2.HI/c10-9(7-3-1-5-11-7)8-4-2-6-12-8;/h1-6,9H,10H2;1H. The third-order valence-corrected chi connectivity index (χ3v) is 3.61. The summed E-state index contributed by atoms with van der Waals surface area (Å²) in [4.78, 5) is 2.47. The van der Waals surface area contributed by atoms with Crippen molar-refractivity contribution in [1.29, 1.82) is 0 Å². The molecule has 70 valence electrons. The molecule has 0 radical (unpaired) electrons. The van der Waals surface area contributed by atoms with Gasteiger partial charge in [-0.2, -0.15) is 0 Å². The largest absolute Gasteiger partial charge is 0.319 e. The molecule has 0 saturated carbocycles. The van der Waals surface area contributed by atoms with Crippen LogP contribution in [0.25, 0.3) is 0 Å². The minimum atomic E-state index is 0. The fourth-order valence-electron chi connectivity index (χ4n) is 1.08. The van der Waals surface area contributed by atoms with E-state index < -0.39 is 0 Å². The summed E-state index contributed by atoms with van der Waals surface area (Å²) in [6, 6.07) is 8.30. The highest BCUT2D eigenvalue weighted by Crippen LogP contribution is 2.26. The lowest BCUT2D eigenvalue weighted by Gasteiger charge is -2.05. The second-order valence-electron chi connectivity index (χ2n) is 2.51. The van der Waals surface area contributed by atoms with E-state index >= 15 is 0 Å². The van der Waals surface area contributed by atoms with Gasteiger partial charge in [0.2, 0.25) is 0 Å². The van der Waals surface area contributed by atoms with Gasteiger partial charge in [0.05, 0.1) is 6.04 Å². The Bertz CT molecular complexity index is 294. The van der Waals surface area contributed by atoms with Gasteiger partial charge in [0.15, 0.2) is 0 Å². The number of nitrogens with two attached hydrogens (primary N) is 1. The monoisotopic (exact) mass is 323 g/mol. The van der Waals surface area contributed by atoms with Crippen LogP contribution in [-0.2, 0) is 0 Å². The topological polar surface area (TPSA) is 26.0 Å². The average molecular weight is 323 g/mol. The summed E-state index contributed by atoms with van der Waals surface area (Å²) in [5.74, 6) is 0. The predicted molar refractivity (Wildman–Crippen MR) is 70.1 cm³/mol. The fourth-order valence-corrected chi connectivity index (χ4v) is 2.64. The molecule has 0 atom stereocenters. The molecule has 1 nitrogen and oxygen atoms in total. The minimum Gasteiger partial charge on any atom is -0.319 e. The molecule has 0 saturated heterocycles. The predicted octanol–water partition coefficient (Wildman–Crippen LogP) is 3.48. The van der Waals surface area contributed by atoms with Gasteiger partial charge in [0.25, 0.3) is 0 Å². The quantitative estimate of drug-likeness (QED) is 0.842. The first-order valence-corrected chi connectivity index (χ1v) is 5.46. The van der Waals surface area contributed by atoms with Gasteiger partial charge in [-0.25, -0.2) is 0 Å². The Morgan fingerprint density at radius 3 is 1.77 bits per heavy atom. The molecule has 0 bridgehead atoms. The van der Waals surface area contributed by atoms with E-state index in [0.29, 0.717) is 0 Å². The number of rotatable bonds is 2. The van der Waals surface area contributed by atoms with Crippen molar-refractivity contribution in [2.75, 3.05) is 0 Å². The highest BCUT2D eigenvalue weighted by Gasteiger charge is 2.09. The lowest BCUT2D eigenvalue weighted by Crippen LogP contribution is -2.07. The van der Waals surface area contributed by atoms with Gasteiger partial charge in [0.1, 0.15) is 0 Å². The lowest BCUT2D eigenvalue weighted by molar-refractivity contribution is 0.917. The molecule has 0 aliphatic heterocycles. The molecule has 0 fully saturated rings. The molecule has 0 aliphatic rings. The molecule has 0 unspecified atom stereocenters. The van der Waals surface area contributed by atoms with E-state index in [1.807, 2.05) is 12.1 Å². The minimum absolute atomic E-state index is 0. The Balaban J connectivity index is 0.000000845. The van der Waals surface area contributed by atoms with Crippen molar-refractivity contribution < 1.29 is 0 Å². The smallest absolute Gasteiger partial charge is 0.0739 e. The van der Waals surface area contributed by atoms with Crippen LogP contribution < -0.4 is 5.73 Å². The van der Waals surface area contributed by atoms with Crippen LogP contribution in [0.1, 0.15) is 15.8 Å². The SMILES string of the molecule is I.NC(c1cccs1)c1cccs1. The molecule has 13 heavy (non-hydrogen) atoms. The first-order chi connectivity index (χ1) is 5.88. The second kappa shape index (κ2) is 5.09. The van der Waals surface area contributed by atoms with Crippen LogP contribution >= 0.6 is 46.7 Å². The molecule has 2 aromatic heterocycles. The average Bonchev–Trinajstić information content (AvgIpc) is 2.77. The van der Waals surface area contributed by atoms with E-state index in [1.54, 1.807) is 22.7 Å². The first kappa shape index (κ1) is 11.2. The summed E-state index contributed by atoms with van der Waals surface area (Å²) < 4.78 is 0. The van der Waals surface area contributed by atoms with Crippen molar-refractivity contribution in [2.24, 2.45) is 5.73 Å². The zero-order chi connectivity index (χ0) is 8.39.